The van der Waals surface area contributed by atoms with E-state index in [9.17, 15) is 9.22 Å². The molecular weight excluding hydrogens is 986 g/mol. The van der Waals surface area contributed by atoms with Gasteiger partial charge in [-0.3, -0.25) is 9.55 Å². The number of imidazole rings is 1. The van der Waals surface area contributed by atoms with Gasteiger partial charge in [0.05, 0.1) is 26.2 Å². The first-order valence-electron chi connectivity index (χ1n) is 30.6. The molecule has 0 aliphatic heterocycles. The van der Waals surface area contributed by atoms with Gasteiger partial charge in [0.2, 0.25) is 0 Å². The number of pyridine rings is 1. The summed E-state index contributed by atoms with van der Waals surface area (Å²) in [7, 11) is 0. The van der Waals surface area contributed by atoms with Gasteiger partial charge in [0.25, 0.3) is 0 Å². The third kappa shape index (κ3) is 9.22. The maximum absolute atomic E-state index is 12.6. The van der Waals surface area contributed by atoms with Crippen LogP contribution >= 0.6 is 0 Å². The standard InChI is InChI=1S/C61H58N3O.Pt/c1-39-30-44(40-18-13-11-14-19-40)35-50(31-39)64-55-23-17-22-51(56(55)63-58(64)52-37-49(60(5,6)7)38-53(57(52)65)61(8,9)10)46-32-45(41-20-15-12-16-21-41)33-47(34-46)54-36-43(28-29-62-54)42-24-26-48(27-25-42)59(2,3)4;/h11-33,35-38,65H,1-10H3;/q-1;/i1D3,2D3,3D3,4D3,24D,25D,26D,27D,28D,29D,36D;. The van der Waals surface area contributed by atoms with Crippen LogP contribution in [0.4, 0.5) is 0 Å². The van der Waals surface area contributed by atoms with E-state index in [1.54, 1.807) is 42.5 Å². The van der Waals surface area contributed by atoms with Crippen LogP contribution in [-0.2, 0) is 37.3 Å². The van der Waals surface area contributed by atoms with Crippen LogP contribution in [0, 0.1) is 12.9 Å². The fourth-order valence-electron chi connectivity index (χ4n) is 7.94. The molecule has 9 rings (SSSR count). The molecule has 0 bridgehead atoms. The van der Waals surface area contributed by atoms with Crippen molar-refractivity contribution >= 4 is 11.0 Å². The number of hydrogen-bond acceptors (Lipinski definition) is 3. The second-order valence-corrected chi connectivity index (χ2v) is 18.3. The molecule has 4 nitrogen and oxygen atoms in total. The van der Waals surface area contributed by atoms with Gasteiger partial charge in [-0.1, -0.05) is 194 Å². The summed E-state index contributed by atoms with van der Waals surface area (Å²) in [6.45, 7) is -2.29. The second kappa shape index (κ2) is 17.8. The Kier molecular flexibility index (Phi) is 7.54. The molecule has 7 aromatic carbocycles. The average Bonchev–Trinajstić information content (AvgIpc) is 1.08. The van der Waals surface area contributed by atoms with Crippen LogP contribution < -0.4 is 0 Å². The van der Waals surface area contributed by atoms with Crippen molar-refractivity contribution in [2.24, 2.45) is 0 Å². The normalized spacial score (nSPS) is 17.0. The Morgan fingerprint density at radius 3 is 1.89 bits per heavy atom. The predicted molar refractivity (Wildman–Crippen MR) is 273 cm³/mol. The van der Waals surface area contributed by atoms with Crippen LogP contribution in [0.15, 0.2) is 164 Å². The van der Waals surface area contributed by atoms with Gasteiger partial charge in [-0.15, -0.1) is 23.8 Å². The van der Waals surface area contributed by atoms with E-state index in [0.717, 1.165) is 11.1 Å². The molecule has 0 amide bonds. The molecule has 2 aromatic heterocycles. The van der Waals surface area contributed by atoms with Gasteiger partial charge in [-0.2, -0.15) is 0 Å². The topological polar surface area (TPSA) is 50.9 Å². The van der Waals surface area contributed by atoms with Gasteiger partial charge in [0, 0.05) is 60.6 Å². The SMILES string of the molecule is [2H]c1nc(-c2[c-]c(-c3cccc4c3nc(-c3cc(C(C)(C)C)cc(C(C)(C)C)c3O)n4-c3cc(-c4ccccc4)cc(C([2H])([2H])[2H])c3)cc(-c3ccccc3)c2)c([2H])c(-c2c([2H])c([2H])c(C(C([2H])([2H])[2H])(C([2H])([2H])[2H])C([2H])([2H])[2H])c([2H])c2[2H])c1[2H].[Pt]. The monoisotopic (exact) mass is 1060 g/mol. The van der Waals surface area contributed by atoms with Crippen molar-refractivity contribution in [1.82, 2.24) is 14.5 Å². The van der Waals surface area contributed by atoms with Crippen LogP contribution in [0.2, 0.25) is 0 Å². The van der Waals surface area contributed by atoms with Gasteiger partial charge in [0.1, 0.15) is 11.6 Å². The maximum Gasteiger partial charge on any atom is 0.148 e. The third-order valence-corrected chi connectivity index (χ3v) is 11.4. The summed E-state index contributed by atoms with van der Waals surface area (Å²) in [5.41, 5.74) is -1.68. The van der Waals surface area contributed by atoms with Gasteiger partial charge in [0.15, 0.2) is 0 Å². The van der Waals surface area contributed by atoms with Gasteiger partial charge in [-0.05, 0) is 97.9 Å². The maximum atomic E-state index is 12.6. The van der Waals surface area contributed by atoms with Crippen LogP contribution in [0.25, 0.3) is 83.9 Å². The molecule has 1 N–H and O–H groups in total. The zero-order chi connectivity index (χ0) is 61.9. The molecule has 9 aromatic rings. The quantitative estimate of drug-likeness (QED) is 0.162. The fourth-order valence-corrected chi connectivity index (χ4v) is 7.94. The number of aryl methyl sites for hydroxylation is 1. The van der Waals surface area contributed by atoms with E-state index in [2.05, 4.69) is 31.8 Å². The summed E-state index contributed by atoms with van der Waals surface area (Å²) in [5.74, 6) is 0.220. The number of hydrogen-bond donors (Lipinski definition) is 1. The first kappa shape index (κ1) is 28.0. The number of fused-ring (bicyclic) bond motifs is 1. The Morgan fingerprint density at radius 1 is 0.591 bits per heavy atom. The molecule has 0 aliphatic rings. The van der Waals surface area contributed by atoms with E-state index in [4.69, 9.17) is 26.9 Å². The Labute approximate surface area is 432 Å². The zero-order valence-corrected chi connectivity index (χ0v) is 39.4. The number of benzene rings is 7. The predicted octanol–water partition coefficient (Wildman–Crippen LogP) is 16.1. The first-order chi connectivity index (χ1) is 38.8. The number of rotatable bonds is 7. The summed E-state index contributed by atoms with van der Waals surface area (Å²) < 4.78 is 167. The van der Waals surface area contributed by atoms with Crippen LogP contribution in [0.5, 0.6) is 5.75 Å². The van der Waals surface area contributed by atoms with Crippen molar-refractivity contribution in [3.05, 3.63) is 192 Å². The van der Waals surface area contributed by atoms with Gasteiger partial charge >= 0.3 is 0 Å². The number of aromatic nitrogens is 3. The van der Waals surface area contributed by atoms with E-state index in [-0.39, 0.29) is 49.5 Å². The molecule has 0 saturated carbocycles. The van der Waals surface area contributed by atoms with Crippen molar-refractivity contribution in [3.63, 3.8) is 0 Å². The minimum absolute atomic E-state index is 0. The van der Waals surface area contributed by atoms with E-state index >= 15 is 0 Å². The van der Waals surface area contributed by atoms with E-state index in [0.29, 0.717) is 55.7 Å². The minimum atomic E-state index is -3.96. The number of para-hydroxylation sites is 1. The molecule has 5 heteroatoms. The largest absolute Gasteiger partial charge is 0.507 e. The third-order valence-electron chi connectivity index (χ3n) is 11.4. The Morgan fingerprint density at radius 2 is 1.26 bits per heavy atom. The molecule has 0 aliphatic carbocycles. The van der Waals surface area contributed by atoms with Crippen LogP contribution in [-0.4, -0.2) is 19.6 Å². The van der Waals surface area contributed by atoms with E-state index < -0.39 is 103 Å². The second-order valence-electron chi connectivity index (χ2n) is 18.3. The smallest absolute Gasteiger partial charge is 0.148 e. The Hall–Kier alpha value is -6.35. The number of nitrogens with zero attached hydrogens (tertiary/aromatic N) is 3. The molecule has 66 heavy (non-hydrogen) atoms. The molecule has 0 radical (unpaired) electrons. The van der Waals surface area contributed by atoms with Crippen LogP contribution in [0.3, 0.4) is 0 Å². The molecule has 0 saturated heterocycles. The fraction of sp³-hybridized carbons (Fsp3) is 0.213. The Bertz CT molecular complexity index is 4020. The van der Waals surface area contributed by atoms with Crippen molar-refractivity contribution in [2.75, 3.05) is 0 Å². The summed E-state index contributed by atoms with van der Waals surface area (Å²) in [5, 5.41) is 12.6. The first-order valence-corrected chi connectivity index (χ1v) is 21.1. The summed E-state index contributed by atoms with van der Waals surface area (Å²) >= 11 is 0. The Balaban J connectivity index is 0.00000940. The van der Waals surface area contributed by atoms with Gasteiger partial charge in [-0.25, -0.2) is 4.98 Å². The number of phenolic OH excluding ortho intramolecular Hbond substituents is 1. The van der Waals surface area contributed by atoms with Crippen LogP contribution in [0.1, 0.15) is 110 Å². The molecule has 334 valence electrons. The molecule has 0 spiro atoms. The number of phenols is 1. The van der Waals surface area contributed by atoms with E-state index in [1.165, 1.54) is 0 Å². The number of aromatic hydroxyl groups is 1. The summed E-state index contributed by atoms with van der Waals surface area (Å²) in [6, 6.07) is 32.9. The van der Waals surface area contributed by atoms with Crippen molar-refractivity contribution in [1.29, 1.82) is 0 Å². The zero-order valence-electron chi connectivity index (χ0n) is 56.2. The summed E-state index contributed by atoms with van der Waals surface area (Å²) in [4.78, 5) is 9.77. The minimum Gasteiger partial charge on any atom is -0.507 e. The van der Waals surface area contributed by atoms with Crippen molar-refractivity contribution in [2.45, 2.75) is 85.2 Å². The molecule has 2 heterocycles. The summed E-state index contributed by atoms with van der Waals surface area (Å²) in [6.07, 6.45) is -0.801. The van der Waals surface area contributed by atoms with Crippen molar-refractivity contribution < 1.29 is 52.2 Å². The van der Waals surface area contributed by atoms with Gasteiger partial charge < -0.3 is 5.11 Å². The average molecular weight is 1060 g/mol. The van der Waals surface area contributed by atoms with Crippen molar-refractivity contribution in [3.8, 4) is 78.6 Å². The molecular formula is C61H58N3OPt-. The molecule has 0 unspecified atom stereocenters. The molecule has 0 atom stereocenters. The van der Waals surface area contributed by atoms with E-state index in [1.807, 2.05) is 104 Å². The molecule has 0 fully saturated rings.